The number of pyridine rings is 1. The molecule has 4 nitrogen and oxygen atoms in total. The van der Waals surface area contributed by atoms with Gasteiger partial charge in [-0.1, -0.05) is 6.92 Å². The van der Waals surface area contributed by atoms with Crippen molar-refractivity contribution in [3.63, 3.8) is 0 Å². The van der Waals surface area contributed by atoms with Crippen molar-refractivity contribution >= 4 is 17.7 Å². The predicted molar refractivity (Wildman–Crippen MR) is 54.5 cm³/mol. The zero-order valence-corrected chi connectivity index (χ0v) is 8.67. The first-order valence-corrected chi connectivity index (χ1v) is 5.30. The maximum Gasteiger partial charge on any atom is 0.277 e. The van der Waals surface area contributed by atoms with Crippen molar-refractivity contribution in [2.45, 2.75) is 18.4 Å². The van der Waals surface area contributed by atoms with Crippen LogP contribution in [-0.4, -0.2) is 21.9 Å². The van der Waals surface area contributed by atoms with E-state index in [9.17, 15) is 4.79 Å². The van der Waals surface area contributed by atoms with E-state index in [0.717, 1.165) is 12.2 Å². The topological polar surface area (TPSA) is 62.2 Å². The zero-order valence-electron chi connectivity index (χ0n) is 7.86. The van der Waals surface area contributed by atoms with Gasteiger partial charge in [0, 0.05) is 6.20 Å². The Labute approximate surface area is 86.7 Å². The summed E-state index contributed by atoms with van der Waals surface area (Å²) in [6.45, 7) is 2.06. The van der Waals surface area contributed by atoms with Gasteiger partial charge in [0.25, 0.3) is 5.91 Å². The lowest BCUT2D eigenvalue weighted by atomic mass is 10.3. The highest BCUT2D eigenvalue weighted by atomic mass is 32.2. The molecule has 1 aromatic heterocycles. The van der Waals surface area contributed by atoms with Crippen LogP contribution in [0.5, 0.6) is 0 Å². The number of hydrogen-bond acceptors (Lipinski definition) is 4. The van der Waals surface area contributed by atoms with Gasteiger partial charge in [-0.25, -0.2) is 10.5 Å². The number of nitrogens with zero attached hydrogens (tertiary/aromatic N) is 1. The second kappa shape index (κ2) is 5.62. The highest BCUT2D eigenvalue weighted by Gasteiger charge is 2.10. The average molecular weight is 212 g/mol. The minimum Gasteiger partial charge on any atom is -0.288 e. The van der Waals surface area contributed by atoms with Crippen molar-refractivity contribution < 1.29 is 10.0 Å². The first-order chi connectivity index (χ1) is 6.79. The SMILES string of the molecule is CCCSc1ncccc1C(=O)NO. The molecule has 0 fully saturated rings. The number of carbonyl (C=O) groups is 1. The molecule has 1 aromatic rings. The van der Waals surface area contributed by atoms with E-state index in [1.54, 1.807) is 23.8 Å². The number of amides is 1. The molecule has 0 spiro atoms. The molecule has 5 heteroatoms. The van der Waals surface area contributed by atoms with Crippen molar-refractivity contribution in [2.24, 2.45) is 0 Å². The molecule has 0 aliphatic rings. The first kappa shape index (κ1) is 11.0. The van der Waals surface area contributed by atoms with Crippen LogP contribution in [0.3, 0.4) is 0 Å². The molecule has 1 rings (SSSR count). The van der Waals surface area contributed by atoms with Crippen LogP contribution in [0, 0.1) is 0 Å². The van der Waals surface area contributed by atoms with E-state index in [4.69, 9.17) is 5.21 Å². The molecule has 0 saturated heterocycles. The Bertz CT molecular complexity index is 317. The summed E-state index contributed by atoms with van der Waals surface area (Å²) < 4.78 is 0. The second-order valence-corrected chi connectivity index (χ2v) is 3.73. The molecular formula is C9H12N2O2S. The smallest absolute Gasteiger partial charge is 0.277 e. The van der Waals surface area contributed by atoms with E-state index < -0.39 is 5.91 Å². The fourth-order valence-corrected chi connectivity index (χ4v) is 1.79. The fourth-order valence-electron chi connectivity index (χ4n) is 0.938. The van der Waals surface area contributed by atoms with Crippen molar-refractivity contribution in [3.05, 3.63) is 23.9 Å². The number of hydroxylamine groups is 1. The van der Waals surface area contributed by atoms with Crippen LogP contribution < -0.4 is 5.48 Å². The third kappa shape index (κ3) is 2.71. The van der Waals surface area contributed by atoms with Gasteiger partial charge >= 0.3 is 0 Å². The molecule has 14 heavy (non-hydrogen) atoms. The molecule has 0 saturated carbocycles. The second-order valence-electron chi connectivity index (χ2n) is 2.65. The van der Waals surface area contributed by atoms with Gasteiger partial charge in [-0.2, -0.15) is 0 Å². The Balaban J connectivity index is 2.85. The summed E-state index contributed by atoms with van der Waals surface area (Å²) in [5, 5.41) is 9.16. The highest BCUT2D eigenvalue weighted by Crippen LogP contribution is 2.20. The monoisotopic (exact) mass is 212 g/mol. The predicted octanol–water partition coefficient (Wildman–Crippen LogP) is 1.70. The summed E-state index contributed by atoms with van der Waals surface area (Å²) in [4.78, 5) is 15.3. The van der Waals surface area contributed by atoms with Crippen LogP contribution in [0.25, 0.3) is 0 Å². The Morgan fingerprint density at radius 2 is 2.50 bits per heavy atom. The number of carbonyl (C=O) groups excluding carboxylic acids is 1. The summed E-state index contributed by atoms with van der Waals surface area (Å²) in [6, 6.07) is 3.30. The van der Waals surface area contributed by atoms with Crippen LogP contribution in [-0.2, 0) is 0 Å². The number of rotatable bonds is 4. The molecule has 0 atom stereocenters. The molecule has 0 aliphatic carbocycles. The normalized spacial score (nSPS) is 9.86. The molecule has 0 aromatic carbocycles. The number of nitrogens with one attached hydrogen (secondary N) is 1. The van der Waals surface area contributed by atoms with E-state index in [0.29, 0.717) is 10.6 Å². The molecular weight excluding hydrogens is 200 g/mol. The standard InChI is InChI=1S/C9H12N2O2S/c1-2-6-14-9-7(8(12)11-13)4-3-5-10-9/h3-5,13H,2,6H2,1H3,(H,11,12). The molecule has 1 amide bonds. The molecule has 0 radical (unpaired) electrons. The van der Waals surface area contributed by atoms with Crippen molar-refractivity contribution in [1.29, 1.82) is 0 Å². The number of thioether (sulfide) groups is 1. The summed E-state index contributed by atoms with van der Waals surface area (Å²) in [6.07, 6.45) is 2.65. The average Bonchev–Trinajstić information content (AvgIpc) is 2.25. The molecule has 0 unspecified atom stereocenters. The largest absolute Gasteiger partial charge is 0.288 e. The quantitative estimate of drug-likeness (QED) is 0.453. The van der Waals surface area contributed by atoms with Gasteiger partial charge in [0.2, 0.25) is 0 Å². The zero-order chi connectivity index (χ0) is 10.4. The van der Waals surface area contributed by atoms with Gasteiger partial charge in [-0.15, -0.1) is 11.8 Å². The van der Waals surface area contributed by atoms with Gasteiger partial charge < -0.3 is 0 Å². The van der Waals surface area contributed by atoms with E-state index in [-0.39, 0.29) is 0 Å². The molecule has 76 valence electrons. The van der Waals surface area contributed by atoms with Crippen molar-refractivity contribution in [3.8, 4) is 0 Å². The maximum atomic E-state index is 11.2. The molecule has 1 heterocycles. The van der Waals surface area contributed by atoms with Gasteiger partial charge in [0.05, 0.1) is 5.56 Å². The summed E-state index contributed by atoms with van der Waals surface area (Å²) in [7, 11) is 0. The Morgan fingerprint density at radius 1 is 1.71 bits per heavy atom. The molecule has 0 aliphatic heterocycles. The fraction of sp³-hybridized carbons (Fsp3) is 0.333. The van der Waals surface area contributed by atoms with E-state index in [2.05, 4.69) is 11.9 Å². The summed E-state index contributed by atoms with van der Waals surface area (Å²) in [5.74, 6) is 0.389. The van der Waals surface area contributed by atoms with Gasteiger partial charge in [0.1, 0.15) is 5.03 Å². The van der Waals surface area contributed by atoms with E-state index in [1.807, 2.05) is 0 Å². The minimum absolute atomic E-state index is 0.411. The van der Waals surface area contributed by atoms with Gasteiger partial charge in [-0.05, 0) is 24.3 Å². The number of aromatic nitrogens is 1. The van der Waals surface area contributed by atoms with Crippen molar-refractivity contribution in [1.82, 2.24) is 10.5 Å². The minimum atomic E-state index is -0.517. The van der Waals surface area contributed by atoms with E-state index >= 15 is 0 Å². The number of hydrogen-bond donors (Lipinski definition) is 2. The maximum absolute atomic E-state index is 11.2. The molecule has 0 bridgehead atoms. The summed E-state index contributed by atoms with van der Waals surface area (Å²) in [5.41, 5.74) is 2.02. The van der Waals surface area contributed by atoms with Crippen LogP contribution in [0.1, 0.15) is 23.7 Å². The third-order valence-electron chi connectivity index (χ3n) is 1.56. The van der Waals surface area contributed by atoms with E-state index in [1.165, 1.54) is 11.8 Å². The van der Waals surface area contributed by atoms with Crippen LogP contribution >= 0.6 is 11.8 Å². The third-order valence-corrected chi connectivity index (χ3v) is 2.77. The lowest BCUT2D eigenvalue weighted by Crippen LogP contribution is -2.19. The van der Waals surface area contributed by atoms with Crippen LogP contribution in [0.15, 0.2) is 23.4 Å². The Morgan fingerprint density at radius 3 is 3.14 bits per heavy atom. The van der Waals surface area contributed by atoms with Crippen molar-refractivity contribution in [2.75, 3.05) is 5.75 Å². The highest BCUT2D eigenvalue weighted by molar-refractivity contribution is 7.99. The first-order valence-electron chi connectivity index (χ1n) is 4.31. The van der Waals surface area contributed by atoms with Crippen LogP contribution in [0.4, 0.5) is 0 Å². The van der Waals surface area contributed by atoms with Gasteiger partial charge in [0.15, 0.2) is 0 Å². The lowest BCUT2D eigenvalue weighted by Gasteiger charge is -2.04. The lowest BCUT2D eigenvalue weighted by molar-refractivity contribution is 0.0702. The van der Waals surface area contributed by atoms with Crippen LogP contribution in [0.2, 0.25) is 0 Å². The Kier molecular flexibility index (Phi) is 4.42. The van der Waals surface area contributed by atoms with Gasteiger partial charge in [-0.3, -0.25) is 10.0 Å². The summed E-state index contributed by atoms with van der Waals surface area (Å²) >= 11 is 1.51. The molecule has 2 N–H and O–H groups in total. The Hall–Kier alpha value is -1.07.